The van der Waals surface area contributed by atoms with Crippen molar-refractivity contribution in [2.75, 3.05) is 13.2 Å². The molecular weight excluding hydrogens is 396 g/mol. The number of benzene rings is 2. The van der Waals surface area contributed by atoms with Gasteiger partial charge < -0.3 is 9.47 Å². The first-order valence-electron chi connectivity index (χ1n) is 12.0. The maximum absolute atomic E-state index is 11.4. The molecule has 1 aliphatic rings. The lowest BCUT2D eigenvalue weighted by Crippen LogP contribution is -2.09. The molecule has 0 heterocycles. The number of unbranched alkanes of at least 4 members (excludes halogenated alkanes) is 2. The Hall–Kier alpha value is -2.81. The van der Waals surface area contributed by atoms with E-state index >= 15 is 0 Å². The van der Waals surface area contributed by atoms with Crippen LogP contribution in [0.15, 0.2) is 54.6 Å². The molecule has 0 aliphatic heterocycles. The van der Waals surface area contributed by atoms with E-state index in [0.717, 1.165) is 31.4 Å². The molecule has 0 bridgehead atoms. The highest BCUT2D eigenvalue weighted by atomic mass is 16.5. The van der Waals surface area contributed by atoms with Gasteiger partial charge in [0.25, 0.3) is 0 Å². The summed E-state index contributed by atoms with van der Waals surface area (Å²) >= 11 is 0. The van der Waals surface area contributed by atoms with Crippen molar-refractivity contribution >= 4 is 17.6 Å². The fraction of sp³-hybridized carbons (Fsp3) is 0.414. The van der Waals surface area contributed by atoms with Gasteiger partial charge in [-0.15, -0.1) is 0 Å². The molecule has 32 heavy (non-hydrogen) atoms. The van der Waals surface area contributed by atoms with Crippen molar-refractivity contribution in [1.29, 1.82) is 0 Å². The standard InChI is InChI=1S/C29H36O3/c1-4-5-6-11-23-12-7-8-15-28(23)26-14-9-13-24-21-27(17-16-25(24)20-26)31-18-10-19-32-29(30)22(2)3/h7-8,12,15-17,20-21H,2,4-6,9-11,13-14,18-19H2,1,3H3. The predicted molar refractivity (Wildman–Crippen MR) is 133 cm³/mol. The van der Waals surface area contributed by atoms with Gasteiger partial charge in [-0.1, -0.05) is 62.8 Å². The van der Waals surface area contributed by atoms with Crippen LogP contribution in [0.1, 0.15) is 74.6 Å². The summed E-state index contributed by atoms with van der Waals surface area (Å²) in [7, 11) is 0. The average molecular weight is 433 g/mol. The molecule has 3 heteroatoms. The molecule has 0 aromatic heterocycles. The topological polar surface area (TPSA) is 35.5 Å². The summed E-state index contributed by atoms with van der Waals surface area (Å²) in [6.45, 7) is 8.36. The van der Waals surface area contributed by atoms with E-state index in [2.05, 4.69) is 56.0 Å². The number of allylic oxidation sites excluding steroid dienone is 1. The molecule has 2 aromatic carbocycles. The zero-order valence-corrected chi connectivity index (χ0v) is 19.6. The van der Waals surface area contributed by atoms with E-state index in [9.17, 15) is 4.79 Å². The Labute approximate surface area is 193 Å². The summed E-state index contributed by atoms with van der Waals surface area (Å²) in [6, 6.07) is 15.3. The van der Waals surface area contributed by atoms with Crippen LogP contribution < -0.4 is 4.74 Å². The van der Waals surface area contributed by atoms with E-state index in [-0.39, 0.29) is 5.97 Å². The summed E-state index contributed by atoms with van der Waals surface area (Å²) in [5.41, 5.74) is 7.40. The lowest BCUT2D eigenvalue weighted by Gasteiger charge is -2.12. The molecule has 0 amide bonds. The first-order valence-corrected chi connectivity index (χ1v) is 12.0. The fourth-order valence-corrected chi connectivity index (χ4v) is 4.12. The number of hydrogen-bond donors (Lipinski definition) is 0. The molecule has 170 valence electrons. The number of ether oxygens (including phenoxy) is 2. The van der Waals surface area contributed by atoms with Crippen molar-refractivity contribution in [3.63, 3.8) is 0 Å². The highest BCUT2D eigenvalue weighted by Gasteiger charge is 2.14. The van der Waals surface area contributed by atoms with E-state index in [1.54, 1.807) is 6.92 Å². The van der Waals surface area contributed by atoms with Crippen molar-refractivity contribution < 1.29 is 14.3 Å². The van der Waals surface area contributed by atoms with Gasteiger partial charge >= 0.3 is 5.97 Å². The highest BCUT2D eigenvalue weighted by Crippen LogP contribution is 2.33. The van der Waals surface area contributed by atoms with E-state index in [0.29, 0.717) is 25.2 Å². The number of hydrogen-bond acceptors (Lipinski definition) is 3. The molecular formula is C29H36O3. The van der Waals surface area contributed by atoms with E-state index in [1.165, 1.54) is 47.1 Å². The van der Waals surface area contributed by atoms with Crippen LogP contribution in [0.5, 0.6) is 5.75 Å². The number of rotatable bonds is 11. The van der Waals surface area contributed by atoms with Crippen LogP contribution in [0.4, 0.5) is 0 Å². The van der Waals surface area contributed by atoms with Gasteiger partial charge in [0.1, 0.15) is 5.75 Å². The van der Waals surface area contributed by atoms with Crippen LogP contribution in [-0.2, 0) is 22.4 Å². The Bertz CT molecular complexity index is 955. The van der Waals surface area contributed by atoms with Crippen LogP contribution in [0.3, 0.4) is 0 Å². The lowest BCUT2D eigenvalue weighted by atomic mass is 9.93. The van der Waals surface area contributed by atoms with E-state index < -0.39 is 0 Å². The monoisotopic (exact) mass is 432 g/mol. The first-order chi connectivity index (χ1) is 15.6. The lowest BCUT2D eigenvalue weighted by molar-refractivity contribution is -0.139. The number of carbonyl (C=O) groups excluding carboxylic acids is 1. The number of carbonyl (C=O) groups is 1. The van der Waals surface area contributed by atoms with Crippen molar-refractivity contribution in [1.82, 2.24) is 0 Å². The van der Waals surface area contributed by atoms with Gasteiger partial charge in [-0.25, -0.2) is 4.79 Å². The zero-order chi connectivity index (χ0) is 22.8. The molecule has 0 fully saturated rings. The zero-order valence-electron chi connectivity index (χ0n) is 19.6. The Morgan fingerprint density at radius 2 is 1.88 bits per heavy atom. The van der Waals surface area contributed by atoms with Crippen LogP contribution in [0.25, 0.3) is 11.6 Å². The maximum atomic E-state index is 11.4. The molecule has 0 radical (unpaired) electrons. The Morgan fingerprint density at radius 1 is 1.03 bits per heavy atom. The molecule has 3 rings (SSSR count). The van der Waals surface area contributed by atoms with Gasteiger partial charge in [0.2, 0.25) is 0 Å². The third-order valence-corrected chi connectivity index (χ3v) is 5.89. The summed E-state index contributed by atoms with van der Waals surface area (Å²) in [6.07, 6.45) is 11.3. The van der Waals surface area contributed by atoms with Gasteiger partial charge in [0.15, 0.2) is 0 Å². The summed E-state index contributed by atoms with van der Waals surface area (Å²) in [5, 5.41) is 0. The SMILES string of the molecule is C=C(C)C(=O)OCCCOc1ccc2c(c1)CCCC(c1ccccc1CCCCC)=C2. The molecule has 0 saturated carbocycles. The third kappa shape index (κ3) is 6.85. The summed E-state index contributed by atoms with van der Waals surface area (Å²) in [4.78, 5) is 11.4. The third-order valence-electron chi connectivity index (χ3n) is 5.89. The number of aryl methyl sites for hydroxylation is 2. The fourth-order valence-electron chi connectivity index (χ4n) is 4.12. The van der Waals surface area contributed by atoms with Gasteiger partial charge in [-0.05, 0) is 79.0 Å². The molecule has 0 saturated heterocycles. The first kappa shape index (κ1) is 23.8. The molecule has 1 aliphatic carbocycles. The predicted octanol–water partition coefficient (Wildman–Crippen LogP) is 7.18. The summed E-state index contributed by atoms with van der Waals surface area (Å²) in [5.74, 6) is 0.538. The summed E-state index contributed by atoms with van der Waals surface area (Å²) < 4.78 is 11.0. The average Bonchev–Trinajstić information content (AvgIpc) is 3.01. The maximum Gasteiger partial charge on any atom is 0.333 e. The van der Waals surface area contributed by atoms with Crippen molar-refractivity contribution in [2.24, 2.45) is 0 Å². The second-order valence-electron chi connectivity index (χ2n) is 8.62. The van der Waals surface area contributed by atoms with Crippen LogP contribution >= 0.6 is 0 Å². The molecule has 0 atom stereocenters. The largest absolute Gasteiger partial charge is 0.493 e. The molecule has 0 N–H and O–H groups in total. The number of fused-ring (bicyclic) bond motifs is 1. The second-order valence-corrected chi connectivity index (χ2v) is 8.62. The van der Waals surface area contributed by atoms with Crippen LogP contribution in [0, 0.1) is 0 Å². The van der Waals surface area contributed by atoms with Crippen molar-refractivity contribution in [2.45, 2.75) is 65.2 Å². The Balaban J connectivity index is 1.64. The van der Waals surface area contributed by atoms with Gasteiger partial charge in [-0.3, -0.25) is 0 Å². The van der Waals surface area contributed by atoms with Crippen LogP contribution in [-0.4, -0.2) is 19.2 Å². The molecule has 0 spiro atoms. The minimum absolute atomic E-state index is 0.343. The second kappa shape index (κ2) is 12.3. The number of esters is 1. The normalized spacial score (nSPS) is 13.0. The molecule has 0 unspecified atom stereocenters. The Kier molecular flexibility index (Phi) is 9.15. The van der Waals surface area contributed by atoms with Gasteiger partial charge in [0.05, 0.1) is 13.2 Å². The minimum Gasteiger partial charge on any atom is -0.493 e. The van der Waals surface area contributed by atoms with Gasteiger partial charge in [-0.2, -0.15) is 0 Å². The Morgan fingerprint density at radius 3 is 2.69 bits per heavy atom. The van der Waals surface area contributed by atoms with Crippen molar-refractivity contribution in [3.8, 4) is 5.75 Å². The highest BCUT2D eigenvalue weighted by molar-refractivity contribution is 5.87. The minimum atomic E-state index is -0.343. The van der Waals surface area contributed by atoms with Crippen molar-refractivity contribution in [3.05, 3.63) is 76.9 Å². The van der Waals surface area contributed by atoms with Gasteiger partial charge in [0, 0.05) is 12.0 Å². The smallest absolute Gasteiger partial charge is 0.333 e. The molecule has 2 aromatic rings. The van der Waals surface area contributed by atoms with Crippen LogP contribution in [0.2, 0.25) is 0 Å². The van der Waals surface area contributed by atoms with E-state index in [1.807, 2.05) is 6.07 Å². The quantitative estimate of drug-likeness (QED) is 0.214. The van der Waals surface area contributed by atoms with E-state index in [4.69, 9.17) is 9.47 Å². The molecule has 3 nitrogen and oxygen atoms in total.